The molecule has 0 aliphatic carbocycles. The highest BCUT2D eigenvalue weighted by Gasteiger charge is 2.43. The molecule has 1 atom stereocenters. The number of methoxy groups -OCH3 is 3. The third-order valence-electron chi connectivity index (χ3n) is 6.12. The average molecular weight is 482 g/mol. The highest BCUT2D eigenvalue weighted by atomic mass is 16.5. The maximum absolute atomic E-state index is 13.7. The lowest BCUT2D eigenvalue weighted by Gasteiger charge is -2.26. The SMILES string of the molecule is COc1cc([C@H]2c3c(oc4ccc(C)cc4c3=O)C(=O)N2CCCOC(C)C)cc(OC)c1OC. The fourth-order valence-corrected chi connectivity index (χ4v) is 4.52. The van der Waals surface area contributed by atoms with E-state index in [1.165, 1.54) is 21.3 Å². The van der Waals surface area contributed by atoms with E-state index in [4.69, 9.17) is 23.4 Å². The zero-order valence-electron chi connectivity index (χ0n) is 21.0. The number of benzene rings is 2. The fraction of sp³-hybridized carbons (Fsp3) is 0.407. The molecule has 1 amide bonds. The molecule has 8 nitrogen and oxygen atoms in total. The Balaban J connectivity index is 1.90. The van der Waals surface area contributed by atoms with Crippen LogP contribution in [0.4, 0.5) is 0 Å². The Morgan fingerprint density at radius 1 is 1.00 bits per heavy atom. The smallest absolute Gasteiger partial charge is 0.290 e. The van der Waals surface area contributed by atoms with E-state index in [9.17, 15) is 9.59 Å². The highest BCUT2D eigenvalue weighted by Crippen LogP contribution is 2.45. The molecule has 8 heteroatoms. The zero-order valence-corrected chi connectivity index (χ0v) is 21.0. The van der Waals surface area contributed by atoms with Crippen molar-refractivity contribution in [2.45, 2.75) is 39.3 Å². The predicted molar refractivity (Wildman–Crippen MR) is 132 cm³/mol. The van der Waals surface area contributed by atoms with Gasteiger partial charge in [0.15, 0.2) is 16.9 Å². The van der Waals surface area contributed by atoms with Gasteiger partial charge in [0, 0.05) is 13.2 Å². The minimum Gasteiger partial charge on any atom is -0.493 e. The van der Waals surface area contributed by atoms with Crippen LogP contribution in [0.3, 0.4) is 0 Å². The summed E-state index contributed by atoms with van der Waals surface area (Å²) in [5.41, 5.74) is 2.07. The molecule has 0 radical (unpaired) electrons. The van der Waals surface area contributed by atoms with Crippen molar-refractivity contribution < 1.29 is 28.2 Å². The van der Waals surface area contributed by atoms with Crippen molar-refractivity contribution in [3.05, 3.63) is 63.0 Å². The molecule has 0 N–H and O–H groups in total. The van der Waals surface area contributed by atoms with Gasteiger partial charge in [0.05, 0.1) is 44.4 Å². The predicted octanol–water partition coefficient (Wildman–Crippen LogP) is 4.49. The van der Waals surface area contributed by atoms with Gasteiger partial charge >= 0.3 is 0 Å². The minimum atomic E-state index is -0.675. The van der Waals surface area contributed by atoms with Gasteiger partial charge in [-0.2, -0.15) is 0 Å². The minimum absolute atomic E-state index is 0.0647. The summed E-state index contributed by atoms with van der Waals surface area (Å²) in [7, 11) is 4.58. The first-order chi connectivity index (χ1) is 16.8. The van der Waals surface area contributed by atoms with E-state index in [0.29, 0.717) is 58.9 Å². The maximum Gasteiger partial charge on any atom is 0.290 e. The van der Waals surface area contributed by atoms with Crippen molar-refractivity contribution in [3.8, 4) is 17.2 Å². The second kappa shape index (κ2) is 10.00. The summed E-state index contributed by atoms with van der Waals surface area (Å²) in [6.07, 6.45) is 0.690. The van der Waals surface area contributed by atoms with Crippen LogP contribution in [0.15, 0.2) is 39.5 Å². The summed E-state index contributed by atoms with van der Waals surface area (Å²) in [5, 5.41) is 0.444. The van der Waals surface area contributed by atoms with Crippen LogP contribution in [0.2, 0.25) is 0 Å². The first-order valence-corrected chi connectivity index (χ1v) is 11.6. The number of ether oxygens (including phenoxy) is 4. The summed E-state index contributed by atoms with van der Waals surface area (Å²) in [5.74, 6) is 1.04. The van der Waals surface area contributed by atoms with Crippen molar-refractivity contribution in [2.75, 3.05) is 34.5 Å². The Morgan fingerprint density at radius 3 is 2.29 bits per heavy atom. The van der Waals surface area contributed by atoms with Crippen LogP contribution >= 0.6 is 0 Å². The zero-order chi connectivity index (χ0) is 25.3. The monoisotopic (exact) mass is 481 g/mol. The van der Waals surface area contributed by atoms with Crippen LogP contribution in [0.5, 0.6) is 17.2 Å². The number of rotatable bonds is 9. The summed E-state index contributed by atoms with van der Waals surface area (Å²) >= 11 is 0. The lowest BCUT2D eigenvalue weighted by Crippen LogP contribution is -2.31. The molecule has 0 saturated heterocycles. The second-order valence-corrected chi connectivity index (χ2v) is 8.81. The van der Waals surface area contributed by atoms with Crippen molar-refractivity contribution in [2.24, 2.45) is 0 Å². The van der Waals surface area contributed by atoms with Gasteiger partial charge in [-0.1, -0.05) is 11.6 Å². The molecule has 0 bridgehead atoms. The summed E-state index contributed by atoms with van der Waals surface area (Å²) in [6, 6.07) is 8.24. The number of hydrogen-bond acceptors (Lipinski definition) is 7. The molecule has 1 aliphatic heterocycles. The standard InChI is InChI=1S/C27H31NO7/c1-15(2)34-11-7-10-28-23(17-13-20(31-4)25(33-6)21(14-17)32-5)22-24(29)18-12-16(3)8-9-19(18)35-26(22)27(28)30/h8-9,12-15,23H,7,10-11H2,1-6H3/t23-/m0/s1. The van der Waals surface area contributed by atoms with Gasteiger partial charge in [0.1, 0.15) is 5.58 Å². The molecule has 1 aromatic heterocycles. The van der Waals surface area contributed by atoms with Crippen molar-refractivity contribution in [1.82, 2.24) is 4.90 Å². The molecule has 2 aromatic carbocycles. The lowest BCUT2D eigenvalue weighted by molar-refractivity contribution is 0.0593. The molecular formula is C27H31NO7. The Morgan fingerprint density at radius 2 is 1.69 bits per heavy atom. The lowest BCUT2D eigenvalue weighted by atomic mass is 9.97. The number of aryl methyl sites for hydroxylation is 1. The van der Waals surface area contributed by atoms with E-state index in [0.717, 1.165) is 5.56 Å². The first-order valence-electron chi connectivity index (χ1n) is 11.6. The van der Waals surface area contributed by atoms with Crippen LogP contribution in [0, 0.1) is 6.92 Å². The molecule has 0 saturated carbocycles. The van der Waals surface area contributed by atoms with E-state index in [2.05, 4.69) is 0 Å². The van der Waals surface area contributed by atoms with E-state index >= 15 is 0 Å². The van der Waals surface area contributed by atoms with E-state index in [1.54, 1.807) is 29.2 Å². The third-order valence-corrected chi connectivity index (χ3v) is 6.12. The number of hydrogen-bond donors (Lipinski definition) is 0. The fourth-order valence-electron chi connectivity index (χ4n) is 4.52. The molecule has 35 heavy (non-hydrogen) atoms. The quantitative estimate of drug-likeness (QED) is 0.416. The number of carbonyl (C=O) groups is 1. The molecule has 186 valence electrons. The van der Waals surface area contributed by atoms with Crippen molar-refractivity contribution in [3.63, 3.8) is 0 Å². The molecule has 3 aromatic rings. The van der Waals surface area contributed by atoms with Gasteiger partial charge in [-0.25, -0.2) is 0 Å². The summed E-state index contributed by atoms with van der Waals surface area (Å²) in [4.78, 5) is 29.0. The number of fused-ring (bicyclic) bond motifs is 2. The number of carbonyl (C=O) groups excluding carboxylic acids is 1. The van der Waals surface area contributed by atoms with Gasteiger partial charge in [0.2, 0.25) is 11.5 Å². The van der Waals surface area contributed by atoms with Crippen LogP contribution in [-0.4, -0.2) is 51.4 Å². The second-order valence-electron chi connectivity index (χ2n) is 8.81. The average Bonchev–Trinajstić information content (AvgIpc) is 3.12. The van der Waals surface area contributed by atoms with Crippen molar-refractivity contribution >= 4 is 16.9 Å². The topological polar surface area (TPSA) is 87.4 Å². The molecule has 1 aliphatic rings. The maximum atomic E-state index is 13.7. The highest BCUT2D eigenvalue weighted by molar-refractivity contribution is 5.99. The number of nitrogens with zero attached hydrogens (tertiary/aromatic N) is 1. The summed E-state index contributed by atoms with van der Waals surface area (Å²) in [6.45, 7) is 6.71. The van der Waals surface area contributed by atoms with Crippen LogP contribution in [0.1, 0.15) is 53.6 Å². The first kappa shape index (κ1) is 24.6. The van der Waals surface area contributed by atoms with Gasteiger partial charge in [-0.15, -0.1) is 0 Å². The van der Waals surface area contributed by atoms with Crippen LogP contribution < -0.4 is 19.6 Å². The van der Waals surface area contributed by atoms with Gasteiger partial charge < -0.3 is 28.3 Å². The van der Waals surface area contributed by atoms with Crippen molar-refractivity contribution in [1.29, 1.82) is 0 Å². The van der Waals surface area contributed by atoms with Gasteiger partial charge in [0.25, 0.3) is 5.91 Å². The molecular weight excluding hydrogens is 450 g/mol. The normalized spacial score (nSPS) is 15.1. The van der Waals surface area contributed by atoms with Gasteiger partial charge in [-0.05, 0) is 57.0 Å². The molecule has 0 spiro atoms. The Labute approximate surface area is 204 Å². The van der Waals surface area contributed by atoms with E-state index in [1.807, 2.05) is 26.8 Å². The molecule has 4 rings (SSSR count). The van der Waals surface area contributed by atoms with Gasteiger partial charge in [-0.3, -0.25) is 9.59 Å². The third kappa shape index (κ3) is 4.46. The van der Waals surface area contributed by atoms with E-state index < -0.39 is 6.04 Å². The van der Waals surface area contributed by atoms with Crippen LogP contribution in [-0.2, 0) is 4.74 Å². The number of amides is 1. The largest absolute Gasteiger partial charge is 0.493 e. The Kier molecular flexibility index (Phi) is 7.03. The Hall–Kier alpha value is -3.52. The summed E-state index contributed by atoms with van der Waals surface area (Å²) < 4.78 is 28.2. The molecule has 2 heterocycles. The molecule has 0 unspecified atom stereocenters. The van der Waals surface area contributed by atoms with Crippen LogP contribution in [0.25, 0.3) is 11.0 Å². The van der Waals surface area contributed by atoms with E-state index in [-0.39, 0.29) is 23.2 Å². The molecule has 0 fully saturated rings. The Bertz CT molecular complexity index is 1290.